The standard InChI is InChI=1S/C15H11N5O4/c21-15(13-8-12(17-18-13)14-2-1-7-24-14)19-16-9-10-3-5-11(6-4-10)20(22)23/h1-9H,(H,17,18)(H,19,21). The molecule has 0 atom stereocenters. The van der Waals surface area contributed by atoms with Crippen molar-refractivity contribution in [2.45, 2.75) is 0 Å². The van der Waals surface area contributed by atoms with Crippen molar-refractivity contribution in [3.8, 4) is 11.5 Å². The first-order chi connectivity index (χ1) is 11.6. The van der Waals surface area contributed by atoms with Crippen LogP contribution in [-0.4, -0.2) is 27.2 Å². The molecule has 120 valence electrons. The van der Waals surface area contributed by atoms with E-state index in [4.69, 9.17) is 4.42 Å². The average Bonchev–Trinajstić information content (AvgIpc) is 3.26. The van der Waals surface area contributed by atoms with E-state index in [0.29, 0.717) is 17.0 Å². The van der Waals surface area contributed by atoms with Crippen molar-refractivity contribution in [3.05, 3.63) is 70.1 Å². The molecule has 9 nitrogen and oxygen atoms in total. The number of amides is 1. The molecule has 0 aliphatic carbocycles. The highest BCUT2D eigenvalue weighted by Crippen LogP contribution is 2.17. The van der Waals surface area contributed by atoms with Gasteiger partial charge in [0.25, 0.3) is 11.6 Å². The van der Waals surface area contributed by atoms with Gasteiger partial charge in [0.1, 0.15) is 5.69 Å². The van der Waals surface area contributed by atoms with E-state index in [9.17, 15) is 14.9 Å². The summed E-state index contributed by atoms with van der Waals surface area (Å²) in [4.78, 5) is 22.0. The Kier molecular flexibility index (Phi) is 4.15. The number of aromatic nitrogens is 2. The van der Waals surface area contributed by atoms with E-state index >= 15 is 0 Å². The van der Waals surface area contributed by atoms with Crippen molar-refractivity contribution in [1.29, 1.82) is 0 Å². The quantitative estimate of drug-likeness (QED) is 0.423. The molecule has 0 fully saturated rings. The van der Waals surface area contributed by atoms with Crippen LogP contribution in [0, 0.1) is 10.1 Å². The number of H-pyrrole nitrogens is 1. The van der Waals surface area contributed by atoms with E-state index in [2.05, 4.69) is 20.7 Å². The Bertz CT molecular complexity index is 881. The molecule has 0 unspecified atom stereocenters. The Morgan fingerprint density at radius 2 is 2.12 bits per heavy atom. The van der Waals surface area contributed by atoms with Crippen molar-refractivity contribution in [3.63, 3.8) is 0 Å². The zero-order valence-electron chi connectivity index (χ0n) is 12.2. The van der Waals surface area contributed by atoms with Gasteiger partial charge in [0.05, 0.1) is 17.4 Å². The fourth-order valence-corrected chi connectivity index (χ4v) is 1.90. The second kappa shape index (κ2) is 6.57. The topological polar surface area (TPSA) is 126 Å². The van der Waals surface area contributed by atoms with E-state index in [1.807, 2.05) is 0 Å². The molecule has 0 saturated carbocycles. The highest BCUT2D eigenvalue weighted by molar-refractivity contribution is 5.94. The van der Waals surface area contributed by atoms with Crippen molar-refractivity contribution in [2.24, 2.45) is 5.10 Å². The van der Waals surface area contributed by atoms with E-state index < -0.39 is 10.8 Å². The number of aromatic amines is 1. The zero-order chi connectivity index (χ0) is 16.9. The van der Waals surface area contributed by atoms with E-state index in [1.165, 1.54) is 42.8 Å². The smallest absolute Gasteiger partial charge is 0.291 e. The molecule has 0 radical (unpaired) electrons. The van der Waals surface area contributed by atoms with Crippen LogP contribution in [0.5, 0.6) is 0 Å². The first-order valence-corrected chi connectivity index (χ1v) is 6.80. The van der Waals surface area contributed by atoms with Crippen molar-refractivity contribution in [2.75, 3.05) is 0 Å². The van der Waals surface area contributed by atoms with E-state index in [0.717, 1.165) is 0 Å². The summed E-state index contributed by atoms with van der Waals surface area (Å²) in [6.07, 6.45) is 2.89. The van der Waals surface area contributed by atoms with Gasteiger partial charge in [-0.25, -0.2) is 5.43 Å². The second-order valence-corrected chi connectivity index (χ2v) is 4.69. The maximum absolute atomic E-state index is 11.9. The molecule has 0 saturated heterocycles. The van der Waals surface area contributed by atoms with Gasteiger partial charge >= 0.3 is 0 Å². The summed E-state index contributed by atoms with van der Waals surface area (Å²) in [6, 6.07) is 10.8. The highest BCUT2D eigenvalue weighted by atomic mass is 16.6. The van der Waals surface area contributed by atoms with E-state index in [-0.39, 0.29) is 11.4 Å². The molecule has 24 heavy (non-hydrogen) atoms. The van der Waals surface area contributed by atoms with Gasteiger partial charge in [-0.1, -0.05) is 0 Å². The minimum Gasteiger partial charge on any atom is -0.463 e. The van der Waals surface area contributed by atoms with Crippen LogP contribution < -0.4 is 5.43 Å². The molecule has 2 heterocycles. The predicted molar refractivity (Wildman–Crippen MR) is 84.4 cm³/mol. The molecule has 0 spiro atoms. The van der Waals surface area contributed by atoms with Gasteiger partial charge in [-0.2, -0.15) is 10.2 Å². The molecule has 2 aromatic heterocycles. The van der Waals surface area contributed by atoms with Crippen LogP contribution in [0.4, 0.5) is 5.69 Å². The molecule has 9 heteroatoms. The van der Waals surface area contributed by atoms with Crippen LogP contribution in [0.25, 0.3) is 11.5 Å². The molecule has 1 aromatic carbocycles. The predicted octanol–water partition coefficient (Wildman–Crippen LogP) is 2.34. The number of carbonyl (C=O) groups excluding carboxylic acids is 1. The summed E-state index contributed by atoms with van der Waals surface area (Å²) in [7, 11) is 0. The normalized spacial score (nSPS) is 10.8. The Morgan fingerprint density at radius 1 is 1.33 bits per heavy atom. The molecule has 0 bridgehead atoms. The summed E-state index contributed by atoms with van der Waals surface area (Å²) in [5.41, 5.74) is 3.65. The van der Waals surface area contributed by atoms with Crippen molar-refractivity contribution >= 4 is 17.8 Å². The number of nitrogens with one attached hydrogen (secondary N) is 2. The zero-order valence-corrected chi connectivity index (χ0v) is 12.2. The maximum Gasteiger partial charge on any atom is 0.291 e. The third-order valence-corrected chi connectivity index (χ3v) is 3.08. The summed E-state index contributed by atoms with van der Waals surface area (Å²) < 4.78 is 5.20. The van der Waals surface area contributed by atoms with Crippen LogP contribution in [0.2, 0.25) is 0 Å². The number of carbonyl (C=O) groups is 1. The number of nitro groups is 1. The number of nitrogens with zero attached hydrogens (tertiary/aromatic N) is 3. The molecule has 0 aliphatic rings. The van der Waals surface area contributed by atoms with Gasteiger partial charge < -0.3 is 4.42 Å². The maximum atomic E-state index is 11.9. The number of nitro benzene ring substituents is 1. The summed E-state index contributed by atoms with van der Waals surface area (Å²) >= 11 is 0. The first-order valence-electron chi connectivity index (χ1n) is 6.80. The number of hydrogen-bond donors (Lipinski definition) is 2. The Hall–Kier alpha value is -3.75. The van der Waals surface area contributed by atoms with Gasteiger partial charge in [-0.15, -0.1) is 0 Å². The van der Waals surface area contributed by atoms with Crippen LogP contribution in [0.3, 0.4) is 0 Å². The van der Waals surface area contributed by atoms with Crippen LogP contribution >= 0.6 is 0 Å². The van der Waals surface area contributed by atoms with Gasteiger partial charge in [-0.3, -0.25) is 20.0 Å². The fourth-order valence-electron chi connectivity index (χ4n) is 1.90. The summed E-state index contributed by atoms with van der Waals surface area (Å²) in [5.74, 6) is 0.0677. The SMILES string of the molecule is O=C(NN=Cc1ccc([N+](=O)[O-])cc1)c1cc(-c2ccco2)[nH]n1. The van der Waals surface area contributed by atoms with Gasteiger partial charge in [0.2, 0.25) is 0 Å². The lowest BCUT2D eigenvalue weighted by atomic mass is 10.2. The lowest BCUT2D eigenvalue weighted by molar-refractivity contribution is -0.384. The number of non-ortho nitro benzene ring substituents is 1. The minimum absolute atomic E-state index is 0.0156. The number of rotatable bonds is 5. The number of hydrogen-bond acceptors (Lipinski definition) is 6. The van der Waals surface area contributed by atoms with Crippen LogP contribution in [-0.2, 0) is 0 Å². The van der Waals surface area contributed by atoms with Gasteiger partial charge in [0.15, 0.2) is 11.5 Å². The van der Waals surface area contributed by atoms with Crippen LogP contribution in [0.1, 0.15) is 16.1 Å². The number of benzene rings is 1. The first kappa shape index (κ1) is 15.2. The van der Waals surface area contributed by atoms with E-state index in [1.54, 1.807) is 12.1 Å². The molecule has 3 rings (SSSR count). The third-order valence-electron chi connectivity index (χ3n) is 3.08. The van der Waals surface area contributed by atoms with Crippen LogP contribution in [0.15, 0.2) is 58.2 Å². The Labute approximate surface area is 135 Å². The number of furan rings is 1. The highest BCUT2D eigenvalue weighted by Gasteiger charge is 2.12. The second-order valence-electron chi connectivity index (χ2n) is 4.69. The number of hydrazone groups is 1. The third kappa shape index (κ3) is 3.35. The molecular weight excluding hydrogens is 314 g/mol. The summed E-state index contributed by atoms with van der Waals surface area (Å²) in [6.45, 7) is 0. The van der Waals surface area contributed by atoms with Gasteiger partial charge in [-0.05, 0) is 29.8 Å². The molecule has 1 amide bonds. The molecule has 2 N–H and O–H groups in total. The Balaban J connectivity index is 1.62. The largest absolute Gasteiger partial charge is 0.463 e. The Morgan fingerprint density at radius 3 is 2.79 bits per heavy atom. The lowest BCUT2D eigenvalue weighted by Gasteiger charge is -1.95. The summed E-state index contributed by atoms with van der Waals surface area (Å²) in [5, 5.41) is 20.9. The fraction of sp³-hybridized carbons (Fsp3) is 0. The molecule has 3 aromatic rings. The average molecular weight is 325 g/mol. The lowest BCUT2D eigenvalue weighted by Crippen LogP contribution is -2.17. The molecule has 0 aliphatic heterocycles. The van der Waals surface area contributed by atoms with Gasteiger partial charge in [0, 0.05) is 18.2 Å². The molecular formula is C15H11N5O4. The minimum atomic E-state index is -0.498. The monoisotopic (exact) mass is 325 g/mol. The van der Waals surface area contributed by atoms with Crippen molar-refractivity contribution in [1.82, 2.24) is 15.6 Å². The van der Waals surface area contributed by atoms with Crippen molar-refractivity contribution < 1.29 is 14.1 Å².